The number of ether oxygens (including phenoxy) is 3. The maximum atomic E-state index is 9.68. The van der Waals surface area contributed by atoms with Gasteiger partial charge in [0.05, 0.1) is 61.7 Å². The van der Waals surface area contributed by atoms with E-state index in [1.165, 1.54) is 0 Å². The Morgan fingerprint density at radius 1 is 0.636 bits per heavy atom. The van der Waals surface area contributed by atoms with Crippen LogP contribution >= 0.6 is 15.9 Å². The van der Waals surface area contributed by atoms with E-state index in [4.69, 9.17) is 55.9 Å². The number of alkyl halides is 1. The minimum absolute atomic E-state index is 0. The summed E-state index contributed by atoms with van der Waals surface area (Å²) >= 11 is 3.23. The van der Waals surface area contributed by atoms with Gasteiger partial charge in [0.1, 0.15) is 34.2 Å². The standard InChI is InChI=1S/C21H30N4O2.C17H22N4O.C12H6.C6H13BrO3.CH2O3.CH4.Cs/c1-3-5-8-18-24-19-20(25(18)11-4-2)16-10-9-15(27-13-7-6-12-26)14-17(16)23-21(19)22;1-3-5-6-14-20-15-16(21(14)9-4-2)12-8-7-11(22)10-13(12)19-17(15)18;1-3-5-7-9-11-12-10-8-6-4-2;7-1-3-9-5-6-10-4-2-8;2-1-4-3;;/h9-10,14,26H,3-8,11-13H2,1-2H3,(H2,22,23);7-8,10,22H,3-6,9H2,1-2H3,(H2,18,19);1-2H3;8H,1-6H2;1,3H;1H4;/q;;;;;;+1/p-1. The number of pyridine rings is 2. The number of carbonyl (C=O) groups excluding carboxylic acids is 1. The quantitative estimate of drug-likeness (QED) is 0.0138. The number of nitrogens with two attached hydrogens (primary N) is 2. The van der Waals surface area contributed by atoms with Crippen LogP contribution in [-0.2, 0) is 45.1 Å². The number of phenolic OH excluding ortho intramolecular Hbond substituents is 1. The van der Waals surface area contributed by atoms with E-state index < -0.39 is 0 Å². The number of carbonyl (C=O) groups is 1. The number of rotatable bonds is 23. The number of nitrogens with zero attached hydrogens (tertiary/aromatic N) is 6. The summed E-state index contributed by atoms with van der Waals surface area (Å²) < 4.78 is 20.4. The molecular weight excluding hydrogens is 1170 g/mol. The van der Waals surface area contributed by atoms with Crippen molar-refractivity contribution < 1.29 is 113 Å². The zero-order valence-electron chi connectivity index (χ0n) is 45.2. The van der Waals surface area contributed by atoms with Gasteiger partial charge in [0.15, 0.2) is 11.6 Å². The summed E-state index contributed by atoms with van der Waals surface area (Å²) in [6, 6.07) is 11.2. The molecule has 0 atom stereocenters. The van der Waals surface area contributed by atoms with Gasteiger partial charge >= 0.3 is 68.9 Å². The Balaban J connectivity index is 0.00000103. The molecule has 0 aliphatic carbocycles. The van der Waals surface area contributed by atoms with Crippen LogP contribution in [0.2, 0.25) is 0 Å². The summed E-state index contributed by atoms with van der Waals surface area (Å²) in [5.41, 5.74) is 17.6. The van der Waals surface area contributed by atoms with E-state index in [1.54, 1.807) is 26.0 Å². The Kier molecular flexibility index (Phi) is 42.0. The summed E-state index contributed by atoms with van der Waals surface area (Å²) in [7, 11) is 0. The molecule has 0 amide bonds. The third-order valence-electron chi connectivity index (χ3n) is 10.3. The first-order valence-corrected chi connectivity index (χ1v) is 26.2. The van der Waals surface area contributed by atoms with E-state index >= 15 is 0 Å². The Morgan fingerprint density at radius 2 is 1.10 bits per heavy atom. The molecule has 0 saturated carbocycles. The zero-order chi connectivity index (χ0) is 55.1. The van der Waals surface area contributed by atoms with Gasteiger partial charge in [0, 0.05) is 60.8 Å². The van der Waals surface area contributed by atoms with Crippen molar-refractivity contribution in [2.75, 3.05) is 63.0 Å². The molecule has 0 unspecified atom stereocenters. The van der Waals surface area contributed by atoms with E-state index in [2.05, 4.69) is 133 Å². The molecule has 17 nitrogen and oxygen atoms in total. The second kappa shape index (κ2) is 44.9. The number of unbranched alkanes of at least 4 members (excludes halogenated alkanes) is 3. The van der Waals surface area contributed by atoms with Gasteiger partial charge in [-0.3, -0.25) is 4.79 Å². The van der Waals surface area contributed by atoms with Crippen LogP contribution in [0.15, 0.2) is 36.4 Å². The molecule has 0 saturated heterocycles. The minimum atomic E-state index is -0.181. The number of anilines is 2. The van der Waals surface area contributed by atoms with Gasteiger partial charge in [0.25, 0.3) is 6.47 Å². The first-order valence-electron chi connectivity index (χ1n) is 25.1. The first-order chi connectivity index (χ1) is 36.6. The van der Waals surface area contributed by atoms with Crippen molar-refractivity contribution >= 4 is 77.9 Å². The van der Waals surface area contributed by atoms with Crippen LogP contribution in [0.4, 0.5) is 11.6 Å². The van der Waals surface area contributed by atoms with Crippen LogP contribution < -0.4 is 90.4 Å². The number of aliphatic hydroxyl groups is 2. The molecule has 0 fully saturated rings. The van der Waals surface area contributed by atoms with E-state index in [0.717, 1.165) is 138 Å². The first kappa shape index (κ1) is 72.0. The van der Waals surface area contributed by atoms with E-state index in [9.17, 15) is 5.11 Å². The normalized spacial score (nSPS) is 9.53. The third-order valence-corrected chi connectivity index (χ3v) is 10.6. The molecule has 0 aliphatic rings. The Bertz CT molecular complexity index is 2950. The molecule has 0 bridgehead atoms. The smallest absolute Gasteiger partial charge is 0.662 e. The molecular formula is C58H76BrCsN8O9. The fourth-order valence-electron chi connectivity index (χ4n) is 7.11. The molecule has 7 N–H and O–H groups in total. The van der Waals surface area contributed by atoms with E-state index in [1.807, 2.05) is 18.2 Å². The van der Waals surface area contributed by atoms with Crippen molar-refractivity contribution in [1.82, 2.24) is 29.1 Å². The minimum Gasteiger partial charge on any atom is -0.662 e. The predicted molar refractivity (Wildman–Crippen MR) is 307 cm³/mol. The molecule has 6 rings (SSSR count). The van der Waals surface area contributed by atoms with Crippen molar-refractivity contribution in [1.29, 1.82) is 0 Å². The maximum Gasteiger partial charge on any atom is 1.00 e. The van der Waals surface area contributed by atoms with Crippen LogP contribution in [-0.4, -0.2) is 102 Å². The Morgan fingerprint density at radius 3 is 1.53 bits per heavy atom. The molecule has 77 heavy (non-hydrogen) atoms. The average Bonchev–Trinajstić information content (AvgIpc) is 3.97. The third kappa shape index (κ3) is 26.0. The molecule has 2 aromatic carbocycles. The number of aromatic nitrogens is 6. The van der Waals surface area contributed by atoms with Crippen LogP contribution in [0.3, 0.4) is 0 Å². The van der Waals surface area contributed by atoms with Crippen molar-refractivity contribution in [2.45, 2.75) is 126 Å². The summed E-state index contributed by atoms with van der Waals surface area (Å²) in [5.74, 6) is 29.6. The second-order valence-electron chi connectivity index (χ2n) is 15.9. The van der Waals surface area contributed by atoms with Gasteiger partial charge in [-0.2, -0.15) is 0 Å². The number of aliphatic hydroxyl groups excluding tert-OH is 2. The zero-order valence-corrected chi connectivity index (χ0v) is 53.1. The number of benzene rings is 2. The molecule has 4 aromatic heterocycles. The second-order valence-corrected chi connectivity index (χ2v) is 16.7. The number of fused-ring (bicyclic) bond motifs is 6. The van der Waals surface area contributed by atoms with Gasteiger partial charge in [-0.15, -0.1) is 0 Å². The van der Waals surface area contributed by atoms with Gasteiger partial charge in [-0.05, 0) is 124 Å². The SMILES string of the molecule is C.CC#CC#CC#CC#CC#CC.CCCCc1nc2c(N)nc3cc(O)ccc3c2n1CCC.CCCCc1nc2c(N)nc3cc(OCCCCO)ccc3c2n1CCC.O=CO[O-].OCCOCCOCCBr.[Cs+]. The fourth-order valence-corrected chi connectivity index (χ4v) is 7.34. The van der Waals surface area contributed by atoms with Crippen LogP contribution in [0.5, 0.6) is 11.5 Å². The molecule has 4 heterocycles. The topological polar surface area (TPSA) is 251 Å². The van der Waals surface area contributed by atoms with Crippen molar-refractivity contribution in [3.63, 3.8) is 0 Å². The largest absolute Gasteiger partial charge is 1.00 e. The van der Waals surface area contributed by atoms with Crippen LogP contribution in [0.25, 0.3) is 43.9 Å². The molecule has 0 radical (unpaired) electrons. The number of aromatic hydroxyl groups is 1. The molecule has 410 valence electrons. The van der Waals surface area contributed by atoms with Crippen molar-refractivity contribution in [2.24, 2.45) is 0 Å². The fraction of sp³-hybridized carbons (Fsp3) is 0.466. The number of phenols is 1. The number of imidazole rings is 2. The summed E-state index contributed by atoms with van der Waals surface area (Å²) in [6.45, 7) is 16.9. The maximum absolute atomic E-state index is 9.68. The predicted octanol–water partition coefficient (Wildman–Crippen LogP) is 5.22. The van der Waals surface area contributed by atoms with Crippen molar-refractivity contribution in [3.8, 4) is 70.7 Å². The van der Waals surface area contributed by atoms with Gasteiger partial charge < -0.3 is 60.3 Å². The summed E-state index contributed by atoms with van der Waals surface area (Å²) in [5, 5.41) is 38.2. The summed E-state index contributed by atoms with van der Waals surface area (Å²) in [6.07, 6.45) is 10.1. The van der Waals surface area contributed by atoms with Gasteiger partial charge in [-0.25, -0.2) is 19.9 Å². The molecule has 0 spiro atoms. The van der Waals surface area contributed by atoms with Gasteiger partial charge in [-0.1, -0.05) is 75.7 Å². The monoisotopic (exact) mass is 1240 g/mol. The van der Waals surface area contributed by atoms with Crippen LogP contribution in [0, 0.1) is 59.2 Å². The average molecular weight is 1240 g/mol. The Labute approximate surface area is 522 Å². The summed E-state index contributed by atoms with van der Waals surface area (Å²) in [4.78, 5) is 29.8. The Hall–Kier alpha value is -5.00. The molecule has 0 aliphatic heterocycles. The van der Waals surface area contributed by atoms with E-state index in [0.29, 0.717) is 50.2 Å². The number of halogens is 1. The van der Waals surface area contributed by atoms with Crippen LogP contribution in [0.1, 0.15) is 112 Å². The number of nitrogen functional groups attached to an aromatic ring is 2. The molecule has 19 heteroatoms. The number of hydrogen-bond donors (Lipinski definition) is 5. The number of aryl methyl sites for hydroxylation is 4. The number of hydrogen-bond acceptors (Lipinski definition) is 15. The van der Waals surface area contributed by atoms with Gasteiger partial charge in [0.2, 0.25) is 0 Å². The molecule has 6 aromatic rings. The van der Waals surface area contributed by atoms with Crippen molar-refractivity contribution in [3.05, 3.63) is 48.0 Å². The van der Waals surface area contributed by atoms with E-state index in [-0.39, 0.29) is 102 Å².